The van der Waals surface area contributed by atoms with Gasteiger partial charge in [-0.15, -0.1) is 23.1 Å². The van der Waals surface area contributed by atoms with Crippen LogP contribution in [0.15, 0.2) is 44.2 Å². The van der Waals surface area contributed by atoms with E-state index >= 15 is 0 Å². The zero-order chi connectivity index (χ0) is 16.3. The van der Waals surface area contributed by atoms with Gasteiger partial charge in [0.2, 0.25) is 10.0 Å². The molecule has 3 rings (SSSR count). The van der Waals surface area contributed by atoms with E-state index in [0.717, 1.165) is 33.8 Å². The number of nitrogens with zero attached hydrogens (tertiary/aromatic N) is 2. The molecule has 0 aliphatic carbocycles. The number of sulfonamides is 1. The quantitative estimate of drug-likeness (QED) is 0.657. The third kappa shape index (κ3) is 4.36. The van der Waals surface area contributed by atoms with Crippen LogP contribution in [0.3, 0.4) is 0 Å². The Morgan fingerprint density at radius 1 is 1.17 bits per heavy atom. The lowest BCUT2D eigenvalue weighted by Crippen LogP contribution is -2.35. The van der Waals surface area contributed by atoms with Crippen LogP contribution >= 0.6 is 39.0 Å². The van der Waals surface area contributed by atoms with Crippen molar-refractivity contribution in [3.05, 3.63) is 39.1 Å². The summed E-state index contributed by atoms with van der Waals surface area (Å²) >= 11 is 6.76. The van der Waals surface area contributed by atoms with Gasteiger partial charge in [0, 0.05) is 29.9 Å². The summed E-state index contributed by atoms with van der Waals surface area (Å²) in [5, 5.41) is 0.840. The second-order valence-electron chi connectivity index (χ2n) is 5.29. The van der Waals surface area contributed by atoms with Gasteiger partial charge in [0.05, 0.1) is 8.81 Å². The molecule has 0 aromatic carbocycles. The van der Waals surface area contributed by atoms with Gasteiger partial charge in [-0.2, -0.15) is 4.31 Å². The van der Waals surface area contributed by atoms with E-state index in [-0.39, 0.29) is 0 Å². The van der Waals surface area contributed by atoms with Crippen LogP contribution in [0.5, 0.6) is 0 Å². The molecule has 1 fully saturated rings. The number of thioether (sulfide) groups is 1. The molecule has 4 nitrogen and oxygen atoms in total. The van der Waals surface area contributed by atoms with Crippen molar-refractivity contribution < 1.29 is 8.42 Å². The fourth-order valence-electron chi connectivity index (χ4n) is 2.43. The van der Waals surface area contributed by atoms with Gasteiger partial charge in [0.1, 0.15) is 4.90 Å². The van der Waals surface area contributed by atoms with Crippen LogP contribution < -0.4 is 0 Å². The first-order valence-electron chi connectivity index (χ1n) is 7.39. The normalized spacial score (nSPS) is 16.6. The Hall–Kier alpha value is -0.410. The summed E-state index contributed by atoms with van der Waals surface area (Å²) in [7, 11) is -3.39. The number of thiophene rings is 1. The summed E-state index contributed by atoms with van der Waals surface area (Å²) in [6.45, 7) is 1.23. The van der Waals surface area contributed by atoms with Crippen LogP contribution in [-0.4, -0.2) is 30.8 Å². The van der Waals surface area contributed by atoms with Gasteiger partial charge >= 0.3 is 0 Å². The topological polar surface area (TPSA) is 50.3 Å². The summed E-state index contributed by atoms with van der Waals surface area (Å²) in [4.78, 5) is 5.86. The Kier molecular flexibility index (Phi) is 5.79. The number of piperidine rings is 1. The van der Waals surface area contributed by atoms with E-state index in [4.69, 9.17) is 0 Å². The smallest absolute Gasteiger partial charge is 0.244 e. The zero-order valence-corrected chi connectivity index (χ0v) is 16.5. The van der Waals surface area contributed by atoms with Gasteiger partial charge < -0.3 is 0 Å². The first-order chi connectivity index (χ1) is 11.1. The highest BCUT2D eigenvalue weighted by molar-refractivity contribution is 9.11. The summed E-state index contributed by atoms with van der Waals surface area (Å²) < 4.78 is 27.8. The Labute approximate surface area is 153 Å². The molecule has 0 atom stereocenters. The second-order valence-corrected chi connectivity index (χ2v) is 10.8. The van der Waals surface area contributed by atoms with E-state index < -0.39 is 10.0 Å². The van der Waals surface area contributed by atoms with Crippen LogP contribution in [-0.2, 0) is 15.8 Å². The minimum absolute atomic E-state index is 0.294. The molecule has 0 N–H and O–H groups in total. The Morgan fingerprint density at radius 3 is 2.57 bits per heavy atom. The second kappa shape index (κ2) is 7.65. The maximum atomic E-state index is 12.6. The molecule has 0 unspecified atom stereocenters. The molecule has 1 aliphatic heterocycles. The van der Waals surface area contributed by atoms with Crippen LogP contribution in [0.25, 0.3) is 0 Å². The number of pyridine rings is 1. The number of rotatable bonds is 5. The highest BCUT2D eigenvalue weighted by Crippen LogP contribution is 2.29. The van der Waals surface area contributed by atoms with Gasteiger partial charge in [-0.3, -0.25) is 0 Å². The molecule has 0 bridgehead atoms. The predicted molar refractivity (Wildman–Crippen MR) is 98.4 cm³/mol. The van der Waals surface area contributed by atoms with Crippen LogP contribution in [0, 0.1) is 0 Å². The minimum Gasteiger partial charge on any atom is -0.249 e. The van der Waals surface area contributed by atoms with Crippen molar-refractivity contribution in [3.63, 3.8) is 0 Å². The molecular formula is C15H17BrN2O2S3. The van der Waals surface area contributed by atoms with Crippen molar-refractivity contribution in [2.75, 3.05) is 13.1 Å². The first-order valence-corrected chi connectivity index (χ1v) is 11.4. The first kappa shape index (κ1) is 17.4. The molecule has 1 saturated heterocycles. The number of halogens is 1. The van der Waals surface area contributed by atoms with Crippen molar-refractivity contribution in [1.29, 1.82) is 0 Å². The predicted octanol–water partition coefficient (Wildman–Crippen LogP) is 4.37. The fourth-order valence-corrected chi connectivity index (χ4v) is 6.27. The van der Waals surface area contributed by atoms with Crippen molar-refractivity contribution in [3.8, 4) is 0 Å². The lowest BCUT2D eigenvalue weighted by molar-refractivity contribution is 0.346. The molecule has 3 heterocycles. The summed E-state index contributed by atoms with van der Waals surface area (Å²) in [5.41, 5.74) is 0. The van der Waals surface area contributed by atoms with Crippen LogP contribution in [0.2, 0.25) is 0 Å². The third-order valence-corrected chi connectivity index (χ3v) is 8.33. The molecule has 23 heavy (non-hydrogen) atoms. The molecule has 124 valence electrons. The lowest BCUT2D eigenvalue weighted by atomic mass is 10.2. The van der Waals surface area contributed by atoms with Gasteiger partial charge in [-0.25, -0.2) is 13.4 Å². The summed E-state index contributed by atoms with van der Waals surface area (Å²) in [6, 6.07) is 7.58. The van der Waals surface area contributed by atoms with Gasteiger partial charge in [0.25, 0.3) is 0 Å². The molecule has 8 heteroatoms. The van der Waals surface area contributed by atoms with Crippen LogP contribution in [0.4, 0.5) is 0 Å². The summed E-state index contributed by atoms with van der Waals surface area (Å²) in [6.07, 6.45) is 4.48. The highest BCUT2D eigenvalue weighted by Gasteiger charge is 2.26. The molecular weight excluding hydrogens is 416 g/mol. The number of hydrogen-bond acceptors (Lipinski definition) is 5. The van der Waals surface area contributed by atoms with Gasteiger partial charge in [-0.05, 0) is 53.0 Å². The van der Waals surface area contributed by atoms with E-state index in [1.807, 2.05) is 6.07 Å². The Morgan fingerprint density at radius 2 is 1.96 bits per heavy atom. The maximum absolute atomic E-state index is 12.6. The Balaban J connectivity index is 1.66. The van der Waals surface area contributed by atoms with Gasteiger partial charge in [0.15, 0.2) is 0 Å². The van der Waals surface area contributed by atoms with Crippen molar-refractivity contribution >= 4 is 49.1 Å². The molecule has 0 radical (unpaired) electrons. The number of hydrogen-bond donors (Lipinski definition) is 0. The largest absolute Gasteiger partial charge is 0.249 e. The van der Waals surface area contributed by atoms with Crippen molar-refractivity contribution in [1.82, 2.24) is 9.29 Å². The summed E-state index contributed by atoms with van der Waals surface area (Å²) in [5.74, 6) is 0.835. The van der Waals surface area contributed by atoms with E-state index in [0.29, 0.717) is 18.0 Å². The van der Waals surface area contributed by atoms with Crippen molar-refractivity contribution in [2.24, 2.45) is 0 Å². The van der Waals surface area contributed by atoms with E-state index in [1.165, 1.54) is 11.1 Å². The standard InChI is InChI=1S/C15H17BrN2O2S3/c16-14-6-4-12(22-14)11-21-15-7-5-13(10-17-15)23(19,20)18-8-2-1-3-9-18/h4-7,10H,1-3,8-9,11H2. The van der Waals surface area contributed by atoms with E-state index in [2.05, 4.69) is 27.0 Å². The SMILES string of the molecule is O=S(=O)(c1ccc(SCc2ccc(Br)s2)nc1)N1CCCCC1. The minimum atomic E-state index is -3.39. The molecule has 0 spiro atoms. The van der Waals surface area contributed by atoms with E-state index in [1.54, 1.807) is 39.5 Å². The average molecular weight is 433 g/mol. The van der Waals surface area contributed by atoms with Crippen LogP contribution in [0.1, 0.15) is 24.1 Å². The highest BCUT2D eigenvalue weighted by atomic mass is 79.9. The maximum Gasteiger partial charge on any atom is 0.244 e. The van der Waals surface area contributed by atoms with Crippen molar-refractivity contribution in [2.45, 2.75) is 34.9 Å². The molecule has 0 amide bonds. The third-order valence-electron chi connectivity index (χ3n) is 3.65. The fraction of sp³-hybridized carbons (Fsp3) is 0.400. The molecule has 2 aromatic rings. The van der Waals surface area contributed by atoms with Gasteiger partial charge in [-0.1, -0.05) is 6.42 Å². The lowest BCUT2D eigenvalue weighted by Gasteiger charge is -2.25. The number of aromatic nitrogens is 1. The van der Waals surface area contributed by atoms with E-state index in [9.17, 15) is 8.42 Å². The molecule has 2 aromatic heterocycles. The Bertz CT molecular complexity index is 753. The molecule has 1 aliphatic rings. The molecule has 0 saturated carbocycles. The average Bonchev–Trinajstić information content (AvgIpc) is 3.00. The zero-order valence-electron chi connectivity index (χ0n) is 12.4. The monoisotopic (exact) mass is 432 g/mol.